The highest BCUT2D eigenvalue weighted by Gasteiger charge is 2.16. The smallest absolute Gasteiger partial charge is 0.138 e. The van der Waals surface area contributed by atoms with Gasteiger partial charge in [-0.15, -0.1) is 0 Å². The van der Waals surface area contributed by atoms with Crippen LogP contribution >= 0.6 is 0 Å². The van der Waals surface area contributed by atoms with Crippen molar-refractivity contribution in [1.29, 1.82) is 0 Å². The Labute approximate surface area is 156 Å². The molecule has 0 saturated carbocycles. The zero-order valence-electron chi connectivity index (χ0n) is 16.8. The molecule has 0 unspecified atom stereocenters. The molecule has 0 fully saturated rings. The van der Waals surface area contributed by atoms with Gasteiger partial charge in [-0.3, -0.25) is 4.98 Å². The summed E-state index contributed by atoms with van der Waals surface area (Å²) in [5.41, 5.74) is 7.13. The van der Waals surface area contributed by atoms with Gasteiger partial charge in [0.05, 0.1) is 5.69 Å². The lowest BCUT2D eigenvalue weighted by Crippen LogP contribution is -2.04. The van der Waals surface area contributed by atoms with Crippen LogP contribution in [0.5, 0.6) is 0 Å². The van der Waals surface area contributed by atoms with Gasteiger partial charge in [0.2, 0.25) is 0 Å². The average Bonchev–Trinajstić information content (AvgIpc) is 2.59. The van der Waals surface area contributed by atoms with E-state index in [4.69, 9.17) is 9.97 Å². The third kappa shape index (κ3) is 3.44. The minimum absolute atomic E-state index is 0.483. The standard InChI is InChI=1S/C23H29N3/c1-7-18(8-2)22-20-13-17(6)25-23(19(20)9-10-24-22)26-21-15(4)11-14(3)12-16(21)5/h9-13,18H,7-8H2,1-6H3,(H,25,26). The van der Waals surface area contributed by atoms with Crippen molar-refractivity contribution in [3.63, 3.8) is 0 Å². The van der Waals surface area contributed by atoms with E-state index in [9.17, 15) is 0 Å². The lowest BCUT2D eigenvalue weighted by atomic mass is 9.94. The van der Waals surface area contributed by atoms with Crippen molar-refractivity contribution >= 4 is 22.3 Å². The van der Waals surface area contributed by atoms with Crippen LogP contribution in [0.25, 0.3) is 10.8 Å². The van der Waals surface area contributed by atoms with Crippen LogP contribution in [0.1, 0.15) is 60.7 Å². The molecule has 136 valence electrons. The van der Waals surface area contributed by atoms with Crippen LogP contribution in [0.3, 0.4) is 0 Å². The molecule has 1 N–H and O–H groups in total. The Kier molecular flexibility index (Phi) is 5.26. The average molecular weight is 348 g/mol. The second kappa shape index (κ2) is 7.45. The number of nitrogens with zero attached hydrogens (tertiary/aromatic N) is 2. The first kappa shape index (κ1) is 18.4. The molecule has 3 rings (SSSR count). The van der Waals surface area contributed by atoms with Gasteiger partial charge in [0.1, 0.15) is 5.82 Å². The molecule has 0 spiro atoms. The molecule has 3 aromatic rings. The van der Waals surface area contributed by atoms with Crippen molar-refractivity contribution in [2.24, 2.45) is 0 Å². The second-order valence-electron chi connectivity index (χ2n) is 7.32. The monoisotopic (exact) mass is 347 g/mol. The van der Waals surface area contributed by atoms with Gasteiger partial charge in [0, 0.05) is 34.3 Å². The van der Waals surface area contributed by atoms with Crippen LogP contribution in [-0.2, 0) is 0 Å². The Morgan fingerprint density at radius 3 is 2.19 bits per heavy atom. The highest BCUT2D eigenvalue weighted by Crippen LogP contribution is 2.34. The van der Waals surface area contributed by atoms with Crippen LogP contribution in [0.4, 0.5) is 11.5 Å². The maximum absolute atomic E-state index is 4.81. The number of anilines is 2. The molecule has 0 amide bonds. The number of benzene rings is 1. The van der Waals surface area contributed by atoms with E-state index >= 15 is 0 Å². The summed E-state index contributed by atoms with van der Waals surface area (Å²) < 4.78 is 0. The van der Waals surface area contributed by atoms with Gasteiger partial charge in [-0.1, -0.05) is 31.5 Å². The molecule has 0 bridgehead atoms. The molecule has 3 heteroatoms. The Bertz CT molecular complexity index is 917. The topological polar surface area (TPSA) is 37.8 Å². The number of rotatable bonds is 5. The molecule has 2 aromatic heterocycles. The largest absolute Gasteiger partial charge is 0.339 e. The van der Waals surface area contributed by atoms with Crippen LogP contribution in [-0.4, -0.2) is 9.97 Å². The van der Waals surface area contributed by atoms with Gasteiger partial charge in [0.25, 0.3) is 0 Å². The highest BCUT2D eigenvalue weighted by molar-refractivity contribution is 5.95. The number of hydrogen-bond donors (Lipinski definition) is 1. The molecule has 2 heterocycles. The third-order valence-corrected chi connectivity index (χ3v) is 5.21. The molecule has 26 heavy (non-hydrogen) atoms. The summed E-state index contributed by atoms with van der Waals surface area (Å²) in [5, 5.41) is 5.98. The normalized spacial score (nSPS) is 11.3. The van der Waals surface area contributed by atoms with Gasteiger partial charge in [-0.2, -0.15) is 0 Å². The van der Waals surface area contributed by atoms with Crippen molar-refractivity contribution in [2.75, 3.05) is 5.32 Å². The Balaban J connectivity index is 2.17. The molecule has 0 aliphatic heterocycles. The Hall–Kier alpha value is -2.42. The van der Waals surface area contributed by atoms with Gasteiger partial charge in [-0.25, -0.2) is 4.98 Å². The van der Waals surface area contributed by atoms with E-state index in [2.05, 4.69) is 71.1 Å². The zero-order chi connectivity index (χ0) is 18.8. The zero-order valence-corrected chi connectivity index (χ0v) is 16.8. The molecule has 0 aliphatic rings. The van der Waals surface area contributed by atoms with E-state index in [0.29, 0.717) is 5.92 Å². The van der Waals surface area contributed by atoms with Gasteiger partial charge in [0.15, 0.2) is 0 Å². The van der Waals surface area contributed by atoms with E-state index in [1.807, 2.05) is 6.20 Å². The van der Waals surface area contributed by atoms with Crippen molar-refractivity contribution < 1.29 is 0 Å². The first-order valence-electron chi connectivity index (χ1n) is 9.55. The first-order chi connectivity index (χ1) is 12.4. The van der Waals surface area contributed by atoms with Crippen molar-refractivity contribution in [3.8, 4) is 0 Å². The molecule has 1 aromatic carbocycles. The molecule has 0 aliphatic carbocycles. The number of pyridine rings is 2. The van der Waals surface area contributed by atoms with Crippen molar-refractivity contribution in [1.82, 2.24) is 9.97 Å². The predicted molar refractivity (Wildman–Crippen MR) is 112 cm³/mol. The molecule has 0 radical (unpaired) electrons. The summed E-state index contributed by atoms with van der Waals surface area (Å²) in [6, 6.07) is 8.68. The van der Waals surface area contributed by atoms with Crippen LogP contribution < -0.4 is 5.32 Å². The number of aromatic nitrogens is 2. The molecular weight excluding hydrogens is 318 g/mol. The SMILES string of the molecule is CCC(CC)c1nccc2c(Nc3c(C)cc(C)cc3C)nc(C)cc12. The number of fused-ring (bicyclic) bond motifs is 1. The summed E-state index contributed by atoms with van der Waals surface area (Å²) in [6.45, 7) is 13.0. The van der Waals surface area contributed by atoms with E-state index in [1.54, 1.807) is 0 Å². The number of nitrogens with one attached hydrogen (secondary N) is 1. The lowest BCUT2D eigenvalue weighted by Gasteiger charge is -2.18. The molecule has 0 saturated heterocycles. The first-order valence-corrected chi connectivity index (χ1v) is 9.55. The summed E-state index contributed by atoms with van der Waals surface area (Å²) in [5.74, 6) is 1.40. The van der Waals surface area contributed by atoms with E-state index in [-0.39, 0.29) is 0 Å². The molecule has 3 nitrogen and oxygen atoms in total. The summed E-state index contributed by atoms with van der Waals surface area (Å²) in [7, 11) is 0. The fourth-order valence-electron chi connectivity index (χ4n) is 3.92. The quantitative estimate of drug-likeness (QED) is 0.571. The lowest BCUT2D eigenvalue weighted by molar-refractivity contribution is 0.629. The van der Waals surface area contributed by atoms with Gasteiger partial charge in [-0.05, 0) is 63.8 Å². The number of aryl methyl sites for hydroxylation is 4. The van der Waals surface area contributed by atoms with Crippen LogP contribution in [0.15, 0.2) is 30.5 Å². The van der Waals surface area contributed by atoms with Gasteiger partial charge < -0.3 is 5.32 Å². The minimum atomic E-state index is 0.483. The van der Waals surface area contributed by atoms with Crippen LogP contribution in [0, 0.1) is 27.7 Å². The molecular formula is C23H29N3. The number of hydrogen-bond acceptors (Lipinski definition) is 3. The van der Waals surface area contributed by atoms with E-state index in [0.717, 1.165) is 35.4 Å². The Morgan fingerprint density at radius 2 is 1.58 bits per heavy atom. The van der Waals surface area contributed by atoms with Crippen molar-refractivity contribution in [3.05, 3.63) is 58.5 Å². The predicted octanol–water partition coefficient (Wildman–Crippen LogP) is 6.51. The summed E-state index contributed by atoms with van der Waals surface area (Å²) in [6.07, 6.45) is 4.12. The van der Waals surface area contributed by atoms with E-state index in [1.165, 1.54) is 27.8 Å². The third-order valence-electron chi connectivity index (χ3n) is 5.21. The maximum Gasteiger partial charge on any atom is 0.138 e. The second-order valence-corrected chi connectivity index (χ2v) is 7.32. The molecule has 0 atom stereocenters. The summed E-state index contributed by atoms with van der Waals surface area (Å²) >= 11 is 0. The van der Waals surface area contributed by atoms with Gasteiger partial charge >= 0.3 is 0 Å². The Morgan fingerprint density at radius 1 is 0.923 bits per heavy atom. The highest BCUT2D eigenvalue weighted by atomic mass is 15.0. The fraction of sp³-hybridized carbons (Fsp3) is 0.391. The maximum atomic E-state index is 4.81. The van der Waals surface area contributed by atoms with Crippen molar-refractivity contribution in [2.45, 2.75) is 60.3 Å². The summed E-state index contributed by atoms with van der Waals surface area (Å²) in [4.78, 5) is 9.54. The van der Waals surface area contributed by atoms with Crippen LogP contribution in [0.2, 0.25) is 0 Å². The minimum Gasteiger partial charge on any atom is -0.339 e. The van der Waals surface area contributed by atoms with E-state index < -0.39 is 0 Å². The fourth-order valence-corrected chi connectivity index (χ4v) is 3.92.